The number of rotatable bonds is 3. The lowest BCUT2D eigenvalue weighted by atomic mass is 10.2. The summed E-state index contributed by atoms with van der Waals surface area (Å²) in [6, 6.07) is 0.0277. The van der Waals surface area contributed by atoms with Crippen molar-refractivity contribution in [3.8, 4) is 0 Å². The second-order valence-electron chi connectivity index (χ2n) is 3.41. The van der Waals surface area contributed by atoms with Crippen LogP contribution in [0.2, 0.25) is 0 Å². The average Bonchev–Trinajstić information content (AvgIpc) is 2.16. The van der Waals surface area contributed by atoms with E-state index in [0.717, 1.165) is 0 Å². The molecular formula is C9H15N3O2. The van der Waals surface area contributed by atoms with Crippen LogP contribution in [0.25, 0.3) is 0 Å². The summed E-state index contributed by atoms with van der Waals surface area (Å²) in [5, 5.41) is 9.44. The molecule has 0 radical (unpaired) electrons. The summed E-state index contributed by atoms with van der Waals surface area (Å²) in [7, 11) is 0. The maximum Gasteiger partial charge on any atom is 0.259 e. The number of aromatic nitrogens is 2. The number of aliphatic hydroxyl groups excluding tert-OH is 1. The van der Waals surface area contributed by atoms with E-state index in [1.54, 1.807) is 0 Å². The monoisotopic (exact) mass is 197 g/mol. The molecular weight excluding hydrogens is 182 g/mol. The minimum Gasteiger partial charge on any atom is -0.387 e. The van der Waals surface area contributed by atoms with Crippen molar-refractivity contribution in [3.63, 3.8) is 0 Å². The first-order valence-electron chi connectivity index (χ1n) is 4.52. The molecule has 78 valence electrons. The van der Waals surface area contributed by atoms with E-state index in [9.17, 15) is 9.90 Å². The van der Waals surface area contributed by atoms with Crippen molar-refractivity contribution >= 4 is 0 Å². The van der Waals surface area contributed by atoms with Crippen molar-refractivity contribution in [3.05, 3.63) is 28.4 Å². The predicted molar refractivity (Wildman–Crippen MR) is 52.9 cm³/mol. The van der Waals surface area contributed by atoms with Gasteiger partial charge in [-0.15, -0.1) is 0 Å². The van der Waals surface area contributed by atoms with E-state index in [1.807, 2.05) is 13.8 Å². The normalized spacial score (nSPS) is 13.2. The van der Waals surface area contributed by atoms with Gasteiger partial charge in [0, 0.05) is 18.8 Å². The van der Waals surface area contributed by atoms with E-state index in [1.165, 1.54) is 17.1 Å². The topological polar surface area (TPSA) is 81.1 Å². The Balaban J connectivity index is 3.21. The van der Waals surface area contributed by atoms with Gasteiger partial charge in [-0.05, 0) is 13.8 Å². The molecule has 1 unspecified atom stereocenters. The Labute approximate surface area is 82.2 Å². The van der Waals surface area contributed by atoms with Gasteiger partial charge >= 0.3 is 0 Å². The Bertz CT molecular complexity index is 359. The Kier molecular flexibility index (Phi) is 3.38. The van der Waals surface area contributed by atoms with Gasteiger partial charge in [-0.3, -0.25) is 9.36 Å². The van der Waals surface area contributed by atoms with Crippen molar-refractivity contribution in [2.75, 3.05) is 6.54 Å². The van der Waals surface area contributed by atoms with Gasteiger partial charge < -0.3 is 10.8 Å². The highest BCUT2D eigenvalue weighted by Gasteiger charge is 2.12. The summed E-state index contributed by atoms with van der Waals surface area (Å²) in [4.78, 5) is 15.6. The number of nitrogens with two attached hydrogens (primary N) is 1. The molecule has 3 N–H and O–H groups in total. The van der Waals surface area contributed by atoms with E-state index >= 15 is 0 Å². The molecule has 1 heterocycles. The maximum absolute atomic E-state index is 11.7. The molecule has 0 aliphatic heterocycles. The summed E-state index contributed by atoms with van der Waals surface area (Å²) in [6.45, 7) is 3.78. The van der Waals surface area contributed by atoms with Crippen molar-refractivity contribution in [2.45, 2.75) is 26.0 Å². The third kappa shape index (κ3) is 2.00. The molecule has 0 amide bonds. The van der Waals surface area contributed by atoms with E-state index in [2.05, 4.69) is 4.98 Å². The summed E-state index contributed by atoms with van der Waals surface area (Å²) in [6.07, 6.45) is 1.89. The highest BCUT2D eigenvalue weighted by molar-refractivity contribution is 5.09. The zero-order valence-electron chi connectivity index (χ0n) is 8.34. The number of hydrogen-bond acceptors (Lipinski definition) is 4. The zero-order chi connectivity index (χ0) is 10.7. The van der Waals surface area contributed by atoms with E-state index in [-0.39, 0.29) is 23.7 Å². The molecule has 0 aliphatic rings. The van der Waals surface area contributed by atoms with Gasteiger partial charge in [0.2, 0.25) is 0 Å². The lowest BCUT2D eigenvalue weighted by molar-refractivity contribution is 0.183. The van der Waals surface area contributed by atoms with Gasteiger partial charge in [-0.1, -0.05) is 0 Å². The zero-order valence-corrected chi connectivity index (χ0v) is 8.34. The van der Waals surface area contributed by atoms with Crippen molar-refractivity contribution < 1.29 is 5.11 Å². The summed E-state index contributed by atoms with van der Waals surface area (Å²) >= 11 is 0. The molecule has 0 saturated heterocycles. The van der Waals surface area contributed by atoms with Crippen LogP contribution < -0.4 is 11.3 Å². The Morgan fingerprint density at radius 3 is 2.79 bits per heavy atom. The molecule has 1 aromatic rings. The molecule has 0 saturated carbocycles. The molecule has 0 bridgehead atoms. The van der Waals surface area contributed by atoms with Gasteiger partial charge in [0.1, 0.15) is 0 Å². The van der Waals surface area contributed by atoms with Crippen LogP contribution in [0, 0.1) is 0 Å². The largest absolute Gasteiger partial charge is 0.387 e. The fraction of sp³-hybridized carbons (Fsp3) is 0.556. The first kappa shape index (κ1) is 10.9. The molecule has 5 heteroatoms. The van der Waals surface area contributed by atoms with Crippen LogP contribution in [0.15, 0.2) is 17.3 Å². The Morgan fingerprint density at radius 2 is 2.29 bits per heavy atom. The van der Waals surface area contributed by atoms with E-state index < -0.39 is 6.10 Å². The highest BCUT2D eigenvalue weighted by Crippen LogP contribution is 2.05. The summed E-state index contributed by atoms with van der Waals surface area (Å²) in [5.41, 5.74) is 5.30. The average molecular weight is 197 g/mol. The van der Waals surface area contributed by atoms with Gasteiger partial charge in [0.15, 0.2) is 0 Å². The molecule has 5 nitrogen and oxygen atoms in total. The number of hydrogen-bond donors (Lipinski definition) is 2. The number of aliphatic hydroxyl groups is 1. The van der Waals surface area contributed by atoms with Crippen LogP contribution in [0.3, 0.4) is 0 Å². The van der Waals surface area contributed by atoms with Crippen molar-refractivity contribution in [1.29, 1.82) is 0 Å². The molecule has 1 aromatic heterocycles. The third-order valence-corrected chi connectivity index (χ3v) is 2.02. The number of nitrogens with zero attached hydrogens (tertiary/aromatic N) is 2. The fourth-order valence-corrected chi connectivity index (χ4v) is 1.17. The highest BCUT2D eigenvalue weighted by atomic mass is 16.3. The van der Waals surface area contributed by atoms with E-state index in [0.29, 0.717) is 0 Å². The fourth-order valence-electron chi connectivity index (χ4n) is 1.17. The standard InChI is InChI=1S/C9H15N3O2/c1-6(2)12-5-11-4-7(9(12)14)8(13)3-10/h4-6,8,13H,3,10H2,1-2H3. The molecule has 0 aliphatic carbocycles. The second-order valence-corrected chi connectivity index (χ2v) is 3.41. The quantitative estimate of drug-likeness (QED) is 0.704. The second kappa shape index (κ2) is 4.34. The lowest BCUT2D eigenvalue weighted by Crippen LogP contribution is -2.29. The maximum atomic E-state index is 11.7. The van der Waals surface area contributed by atoms with Gasteiger partial charge in [-0.2, -0.15) is 0 Å². The molecule has 0 aromatic carbocycles. The SMILES string of the molecule is CC(C)n1cncc(C(O)CN)c1=O. The van der Waals surface area contributed by atoms with Gasteiger partial charge in [0.25, 0.3) is 5.56 Å². The van der Waals surface area contributed by atoms with Crippen LogP contribution in [-0.2, 0) is 0 Å². The molecule has 0 fully saturated rings. The Hall–Kier alpha value is -1.20. The molecule has 14 heavy (non-hydrogen) atoms. The minimum atomic E-state index is -0.929. The van der Waals surface area contributed by atoms with Crippen LogP contribution in [-0.4, -0.2) is 21.2 Å². The van der Waals surface area contributed by atoms with Crippen LogP contribution in [0.1, 0.15) is 31.6 Å². The van der Waals surface area contributed by atoms with Gasteiger partial charge in [-0.25, -0.2) is 4.98 Å². The lowest BCUT2D eigenvalue weighted by Gasteiger charge is -2.12. The summed E-state index contributed by atoms with van der Waals surface area (Å²) < 4.78 is 1.47. The smallest absolute Gasteiger partial charge is 0.259 e. The Morgan fingerprint density at radius 1 is 1.64 bits per heavy atom. The predicted octanol–water partition coefficient (Wildman–Crippen LogP) is -0.184. The first-order valence-corrected chi connectivity index (χ1v) is 4.52. The molecule has 1 atom stereocenters. The molecule has 1 rings (SSSR count). The first-order chi connectivity index (χ1) is 6.57. The third-order valence-electron chi connectivity index (χ3n) is 2.02. The molecule has 0 spiro atoms. The minimum absolute atomic E-state index is 0.0268. The van der Waals surface area contributed by atoms with Crippen molar-refractivity contribution in [2.24, 2.45) is 5.73 Å². The van der Waals surface area contributed by atoms with Crippen LogP contribution in [0.5, 0.6) is 0 Å². The summed E-state index contributed by atoms with van der Waals surface area (Å²) in [5.74, 6) is 0. The van der Waals surface area contributed by atoms with Gasteiger partial charge in [0.05, 0.1) is 18.0 Å². The van der Waals surface area contributed by atoms with Crippen molar-refractivity contribution in [1.82, 2.24) is 9.55 Å². The van der Waals surface area contributed by atoms with Crippen LogP contribution >= 0.6 is 0 Å². The van der Waals surface area contributed by atoms with E-state index in [4.69, 9.17) is 5.73 Å². The van der Waals surface area contributed by atoms with Crippen LogP contribution in [0.4, 0.5) is 0 Å².